The molecule has 8 N–H and O–H groups in total. The van der Waals surface area contributed by atoms with Gasteiger partial charge >= 0.3 is 12.1 Å². The Kier molecular flexibility index (Phi) is 17.4. The minimum absolute atomic E-state index is 0.0102. The van der Waals surface area contributed by atoms with Gasteiger partial charge in [-0.25, -0.2) is 14.6 Å². The number of primary amides is 1. The van der Waals surface area contributed by atoms with Crippen molar-refractivity contribution in [2.24, 2.45) is 11.7 Å². The average Bonchev–Trinajstić information content (AvgIpc) is 3.88. The highest BCUT2D eigenvalue weighted by molar-refractivity contribution is 8.00. The molecule has 0 aromatic carbocycles. The van der Waals surface area contributed by atoms with Crippen LogP contribution in [0.4, 0.5) is 15.4 Å². The lowest BCUT2D eigenvalue weighted by Crippen LogP contribution is -2.38. The molecule has 3 aliphatic rings. The highest BCUT2D eigenvalue weighted by atomic mass is 32.2. The summed E-state index contributed by atoms with van der Waals surface area (Å²) in [4.78, 5) is 65.0. The Morgan fingerprint density at radius 3 is 2.38 bits per heavy atom. The molecule has 0 bridgehead atoms. The molecule has 1 aromatic rings. The van der Waals surface area contributed by atoms with Crippen molar-refractivity contribution in [2.45, 2.75) is 101 Å². The lowest BCUT2D eigenvalue weighted by molar-refractivity contribution is -0.122. The number of rotatable bonds is 24. The fourth-order valence-electron chi connectivity index (χ4n) is 6.60. The molecule has 3 fully saturated rings. The summed E-state index contributed by atoms with van der Waals surface area (Å²) >= 11 is 1.88. The van der Waals surface area contributed by atoms with E-state index in [1.807, 2.05) is 25.6 Å². The molecule has 0 radical (unpaired) electrons. The Morgan fingerprint density at radius 2 is 1.72 bits per heavy atom. The van der Waals surface area contributed by atoms with Gasteiger partial charge in [-0.15, -0.1) is 0 Å². The predicted molar refractivity (Wildman–Crippen MR) is 197 cm³/mol. The van der Waals surface area contributed by atoms with Gasteiger partial charge in [-0.2, -0.15) is 11.8 Å². The Hall–Kier alpha value is -3.65. The van der Waals surface area contributed by atoms with Crippen LogP contribution >= 0.6 is 11.8 Å². The third-order valence-electron chi connectivity index (χ3n) is 9.26. The SMILES string of the molecule is CC[C@@H]1C[C@H](C)[C@H](n2cnc(C(=O)N[C@@H](C)CC(=O)NCCOCCOCCOCCNC(=O)CCCC[C@@H]3SC[C@H]4NC(=O)N[C@@H]34)c2NC(N)=O)O1. The van der Waals surface area contributed by atoms with E-state index in [0.717, 1.165) is 37.9 Å². The molecule has 7 amide bonds. The van der Waals surface area contributed by atoms with E-state index in [1.165, 1.54) is 6.33 Å². The second kappa shape index (κ2) is 21.9. The summed E-state index contributed by atoms with van der Waals surface area (Å²) in [6.45, 7) is 8.70. The number of unbranched alkanes of at least 4 members (excludes halogenated alkanes) is 1. The van der Waals surface area contributed by atoms with Crippen molar-refractivity contribution in [3.8, 4) is 0 Å². The Labute approximate surface area is 314 Å². The zero-order valence-electron chi connectivity index (χ0n) is 31.0. The fraction of sp³-hybridized carbons (Fsp3) is 0.765. The lowest BCUT2D eigenvalue weighted by Gasteiger charge is -2.20. The first kappa shape index (κ1) is 42.1. The summed E-state index contributed by atoms with van der Waals surface area (Å²) in [5, 5.41) is 17.2. The number of thioether (sulfide) groups is 1. The molecule has 18 nitrogen and oxygen atoms in total. The molecule has 19 heteroatoms. The van der Waals surface area contributed by atoms with Crippen LogP contribution in [0.2, 0.25) is 0 Å². The van der Waals surface area contributed by atoms with Gasteiger partial charge in [-0.05, 0) is 32.6 Å². The van der Waals surface area contributed by atoms with Crippen molar-refractivity contribution >= 4 is 47.4 Å². The number of nitrogens with one attached hydrogen (secondary N) is 6. The zero-order chi connectivity index (χ0) is 38.2. The Balaban J connectivity index is 0.955. The topological polar surface area (TPSA) is 238 Å². The van der Waals surface area contributed by atoms with E-state index in [2.05, 4.69) is 36.9 Å². The molecule has 4 heterocycles. The Morgan fingerprint density at radius 1 is 1.04 bits per heavy atom. The van der Waals surface area contributed by atoms with E-state index in [1.54, 1.807) is 11.5 Å². The second-order valence-electron chi connectivity index (χ2n) is 13.6. The van der Waals surface area contributed by atoms with Crippen molar-refractivity contribution in [2.75, 3.05) is 63.8 Å². The van der Waals surface area contributed by atoms with Gasteiger partial charge < -0.3 is 51.3 Å². The molecule has 3 saturated heterocycles. The first-order valence-corrected chi connectivity index (χ1v) is 19.6. The Bertz CT molecular complexity index is 1370. The minimum atomic E-state index is -0.834. The number of urea groups is 2. The summed E-state index contributed by atoms with van der Waals surface area (Å²) in [5.41, 5.74) is 5.36. The average molecular weight is 768 g/mol. The van der Waals surface area contributed by atoms with Crippen LogP contribution < -0.4 is 37.6 Å². The van der Waals surface area contributed by atoms with Crippen LogP contribution in [-0.2, 0) is 28.5 Å². The molecule has 0 unspecified atom stereocenters. The zero-order valence-corrected chi connectivity index (χ0v) is 31.8. The highest BCUT2D eigenvalue weighted by Gasteiger charge is 2.42. The van der Waals surface area contributed by atoms with Gasteiger partial charge in [-0.1, -0.05) is 20.3 Å². The van der Waals surface area contributed by atoms with Crippen LogP contribution in [0.5, 0.6) is 0 Å². The van der Waals surface area contributed by atoms with Crippen LogP contribution in [0.1, 0.15) is 82.4 Å². The number of hydrogen-bond donors (Lipinski definition) is 7. The van der Waals surface area contributed by atoms with Crippen LogP contribution in [0.3, 0.4) is 0 Å². The number of nitrogens with zero attached hydrogens (tertiary/aromatic N) is 2. The molecule has 3 aliphatic heterocycles. The fourth-order valence-corrected chi connectivity index (χ4v) is 8.15. The van der Waals surface area contributed by atoms with Crippen LogP contribution in [0.15, 0.2) is 6.33 Å². The van der Waals surface area contributed by atoms with E-state index in [0.29, 0.717) is 64.4 Å². The molecule has 0 saturated carbocycles. The van der Waals surface area contributed by atoms with Crippen molar-refractivity contribution in [1.29, 1.82) is 0 Å². The van der Waals surface area contributed by atoms with Crippen molar-refractivity contribution in [1.82, 2.24) is 36.1 Å². The highest BCUT2D eigenvalue weighted by Crippen LogP contribution is 2.38. The number of carbonyl (C=O) groups is 5. The van der Waals surface area contributed by atoms with E-state index in [9.17, 15) is 24.0 Å². The van der Waals surface area contributed by atoms with Crippen LogP contribution in [0, 0.1) is 5.92 Å². The number of imidazole rings is 1. The molecule has 53 heavy (non-hydrogen) atoms. The number of aromatic nitrogens is 2. The lowest BCUT2D eigenvalue weighted by atomic mass is 10.0. The molecule has 7 atom stereocenters. The number of carbonyl (C=O) groups excluding carboxylic acids is 5. The molecule has 1 aromatic heterocycles. The van der Waals surface area contributed by atoms with Gasteiger partial charge in [-0.3, -0.25) is 24.3 Å². The molecular formula is C34H57N9O9S. The van der Waals surface area contributed by atoms with Crippen molar-refractivity contribution in [3.05, 3.63) is 12.0 Å². The van der Waals surface area contributed by atoms with Crippen molar-refractivity contribution < 1.29 is 42.9 Å². The van der Waals surface area contributed by atoms with Gasteiger partial charge in [0.25, 0.3) is 5.91 Å². The van der Waals surface area contributed by atoms with Gasteiger partial charge in [0, 0.05) is 48.9 Å². The minimum Gasteiger partial charge on any atom is -0.377 e. The number of hydrogen-bond acceptors (Lipinski definition) is 11. The first-order chi connectivity index (χ1) is 25.5. The van der Waals surface area contributed by atoms with Gasteiger partial charge in [0.1, 0.15) is 12.0 Å². The predicted octanol–water partition coefficient (Wildman–Crippen LogP) is 1.22. The molecule has 0 aliphatic carbocycles. The standard InChI is InChI=1S/C34H57N9O9S/c1-4-23-17-21(2)32(52-23)43-20-38-29(30(43)42-33(35)47)31(46)39-22(3)18-27(45)37-10-12-50-14-16-51-15-13-49-11-9-36-26(44)8-6-5-7-25-28-24(19-53-25)40-34(48)41-28/h20-25,28,32H,4-19H2,1-3H3,(H,36,44)(H,37,45)(H,39,46)(H3,35,42,47)(H2,40,41,48)/t21-,22-,23+,24+,25-,28+,32+/m0/s1. The molecule has 4 rings (SSSR count). The van der Waals surface area contributed by atoms with E-state index in [4.69, 9.17) is 24.7 Å². The number of fused-ring (bicyclic) bond motifs is 1. The summed E-state index contributed by atoms with van der Waals surface area (Å²) in [6.07, 6.45) is 6.05. The second-order valence-corrected chi connectivity index (χ2v) is 14.9. The monoisotopic (exact) mass is 767 g/mol. The number of amides is 7. The molecule has 0 spiro atoms. The number of anilines is 1. The maximum Gasteiger partial charge on any atom is 0.317 e. The maximum atomic E-state index is 13.1. The summed E-state index contributed by atoms with van der Waals surface area (Å²) < 4.78 is 24.2. The summed E-state index contributed by atoms with van der Waals surface area (Å²) in [6, 6.07) is -1.00. The summed E-state index contributed by atoms with van der Waals surface area (Å²) in [5.74, 6) is 0.414. The third-order valence-corrected chi connectivity index (χ3v) is 10.8. The van der Waals surface area contributed by atoms with Gasteiger partial charge in [0.15, 0.2) is 5.69 Å². The maximum absolute atomic E-state index is 13.1. The van der Waals surface area contributed by atoms with Crippen LogP contribution in [0.25, 0.3) is 0 Å². The normalized spacial score (nSPS) is 23.9. The first-order valence-electron chi connectivity index (χ1n) is 18.6. The van der Waals surface area contributed by atoms with Gasteiger partial charge in [0.2, 0.25) is 11.8 Å². The quantitative estimate of drug-likeness (QED) is 0.0583. The summed E-state index contributed by atoms with van der Waals surface area (Å²) in [7, 11) is 0. The van der Waals surface area contributed by atoms with Gasteiger partial charge in [0.05, 0.1) is 64.2 Å². The number of ether oxygens (including phenoxy) is 4. The van der Waals surface area contributed by atoms with Crippen LogP contribution in [-0.4, -0.2) is 127 Å². The largest absolute Gasteiger partial charge is 0.377 e. The molecule has 298 valence electrons. The van der Waals surface area contributed by atoms with E-state index >= 15 is 0 Å². The smallest absolute Gasteiger partial charge is 0.317 e. The number of nitrogens with two attached hydrogens (primary N) is 1. The van der Waals surface area contributed by atoms with E-state index < -0.39 is 24.2 Å². The third kappa shape index (κ3) is 13.6. The van der Waals surface area contributed by atoms with E-state index in [-0.39, 0.29) is 59.9 Å². The molecular weight excluding hydrogens is 710 g/mol. The van der Waals surface area contributed by atoms with Crippen molar-refractivity contribution in [3.63, 3.8) is 0 Å².